The van der Waals surface area contributed by atoms with Crippen molar-refractivity contribution in [1.29, 1.82) is 0 Å². The van der Waals surface area contributed by atoms with E-state index in [-0.39, 0.29) is 10.8 Å². The van der Waals surface area contributed by atoms with Crippen molar-refractivity contribution in [2.75, 3.05) is 9.80 Å². The van der Waals surface area contributed by atoms with Gasteiger partial charge in [0, 0.05) is 27.6 Å². The van der Waals surface area contributed by atoms with Crippen molar-refractivity contribution in [3.8, 4) is 22.6 Å². The molecular formula is C46H36N2O. The van der Waals surface area contributed by atoms with Crippen LogP contribution in [-0.2, 0) is 10.8 Å². The number of ether oxygens (including phenoxy) is 1. The summed E-state index contributed by atoms with van der Waals surface area (Å²) in [6, 6.07) is 53.0. The minimum absolute atomic E-state index is 0.116. The molecule has 7 aromatic carbocycles. The fourth-order valence-corrected chi connectivity index (χ4v) is 8.75. The van der Waals surface area contributed by atoms with Crippen LogP contribution in [0.1, 0.15) is 49.9 Å². The van der Waals surface area contributed by atoms with Crippen molar-refractivity contribution in [3.63, 3.8) is 0 Å². The largest absolute Gasteiger partial charge is 0.451 e. The maximum atomic E-state index is 7.20. The smallest absolute Gasteiger partial charge is 0.175 e. The lowest BCUT2D eigenvalue weighted by Crippen LogP contribution is -2.33. The Morgan fingerprint density at radius 3 is 2.06 bits per heavy atom. The van der Waals surface area contributed by atoms with Gasteiger partial charge < -0.3 is 14.5 Å². The summed E-state index contributed by atoms with van der Waals surface area (Å²) < 4.78 is 7.20. The monoisotopic (exact) mass is 632 g/mol. The lowest BCUT2D eigenvalue weighted by atomic mass is 9.73. The highest BCUT2D eigenvalue weighted by Crippen LogP contribution is 2.64. The molecule has 10 rings (SSSR count). The molecule has 236 valence electrons. The predicted octanol–water partition coefficient (Wildman–Crippen LogP) is 12.8. The van der Waals surface area contributed by atoms with Crippen LogP contribution in [0, 0.1) is 0 Å². The van der Waals surface area contributed by atoms with Crippen LogP contribution in [0.25, 0.3) is 21.9 Å². The maximum Gasteiger partial charge on any atom is 0.175 e. The van der Waals surface area contributed by atoms with E-state index in [1.165, 1.54) is 49.8 Å². The highest BCUT2D eigenvalue weighted by atomic mass is 16.5. The SMILES string of the molecule is CC1(C)c2ccccc2-c2ccc(N(c3ccccc3)c3ccc4c5c3Oc3ccc6ccccc6c3N5c3ccccc3C4(C)C)cc21. The molecule has 7 aromatic rings. The zero-order valence-corrected chi connectivity index (χ0v) is 28.2. The summed E-state index contributed by atoms with van der Waals surface area (Å²) in [6.45, 7) is 9.37. The number of benzene rings is 7. The summed E-state index contributed by atoms with van der Waals surface area (Å²) in [4.78, 5) is 4.86. The fourth-order valence-electron chi connectivity index (χ4n) is 8.75. The number of hydrogen-bond donors (Lipinski definition) is 0. The van der Waals surface area contributed by atoms with Crippen LogP contribution in [0.3, 0.4) is 0 Å². The topological polar surface area (TPSA) is 15.7 Å². The van der Waals surface area contributed by atoms with E-state index in [1.54, 1.807) is 0 Å². The van der Waals surface area contributed by atoms with Crippen LogP contribution in [0.5, 0.6) is 11.5 Å². The van der Waals surface area contributed by atoms with E-state index in [4.69, 9.17) is 4.74 Å². The maximum absolute atomic E-state index is 7.20. The highest BCUT2D eigenvalue weighted by Gasteiger charge is 2.44. The second-order valence-electron chi connectivity index (χ2n) is 14.6. The zero-order chi connectivity index (χ0) is 33.1. The number of hydrogen-bond acceptors (Lipinski definition) is 3. The van der Waals surface area contributed by atoms with Crippen molar-refractivity contribution < 1.29 is 4.74 Å². The molecule has 0 saturated carbocycles. The van der Waals surface area contributed by atoms with Crippen LogP contribution >= 0.6 is 0 Å². The molecule has 3 nitrogen and oxygen atoms in total. The lowest BCUT2D eigenvalue weighted by Gasteiger charge is -2.46. The molecule has 0 N–H and O–H groups in total. The van der Waals surface area contributed by atoms with E-state index >= 15 is 0 Å². The second kappa shape index (κ2) is 9.87. The normalized spacial score (nSPS) is 15.4. The van der Waals surface area contributed by atoms with Gasteiger partial charge in [0.2, 0.25) is 0 Å². The zero-order valence-electron chi connectivity index (χ0n) is 28.2. The van der Waals surface area contributed by atoms with E-state index in [2.05, 4.69) is 183 Å². The molecule has 3 heteroatoms. The molecular weight excluding hydrogens is 597 g/mol. The number of rotatable bonds is 3. The number of para-hydroxylation sites is 2. The minimum Gasteiger partial charge on any atom is -0.451 e. The molecule has 0 bridgehead atoms. The van der Waals surface area contributed by atoms with Gasteiger partial charge in [-0.25, -0.2) is 0 Å². The molecule has 0 aromatic heterocycles. The van der Waals surface area contributed by atoms with Crippen LogP contribution in [-0.4, -0.2) is 0 Å². The molecule has 2 heterocycles. The average molecular weight is 633 g/mol. The van der Waals surface area contributed by atoms with Gasteiger partial charge in [-0.15, -0.1) is 0 Å². The minimum atomic E-state index is -0.234. The summed E-state index contributed by atoms with van der Waals surface area (Å²) in [6.07, 6.45) is 0. The first kappa shape index (κ1) is 28.2. The Bertz CT molecular complexity index is 2490. The molecule has 49 heavy (non-hydrogen) atoms. The van der Waals surface area contributed by atoms with Gasteiger partial charge in [0.15, 0.2) is 11.5 Å². The van der Waals surface area contributed by atoms with Crippen molar-refractivity contribution in [2.24, 2.45) is 0 Å². The Kier molecular flexibility index (Phi) is 5.69. The predicted molar refractivity (Wildman–Crippen MR) is 203 cm³/mol. The average Bonchev–Trinajstić information content (AvgIpc) is 3.36. The summed E-state index contributed by atoms with van der Waals surface area (Å²) in [5.41, 5.74) is 14.2. The van der Waals surface area contributed by atoms with Crippen molar-refractivity contribution in [3.05, 3.63) is 168 Å². The molecule has 0 fully saturated rings. The van der Waals surface area contributed by atoms with Crippen molar-refractivity contribution >= 4 is 44.9 Å². The summed E-state index contributed by atoms with van der Waals surface area (Å²) in [7, 11) is 0. The van der Waals surface area contributed by atoms with E-state index in [0.29, 0.717) is 0 Å². The van der Waals surface area contributed by atoms with Gasteiger partial charge in [-0.1, -0.05) is 131 Å². The Balaban J connectivity index is 1.26. The van der Waals surface area contributed by atoms with E-state index < -0.39 is 0 Å². The molecule has 2 aliphatic heterocycles. The van der Waals surface area contributed by atoms with Gasteiger partial charge in [-0.3, -0.25) is 0 Å². The van der Waals surface area contributed by atoms with E-state index in [9.17, 15) is 0 Å². The second-order valence-corrected chi connectivity index (χ2v) is 14.6. The first-order valence-electron chi connectivity index (χ1n) is 17.2. The molecule has 0 unspecified atom stereocenters. The van der Waals surface area contributed by atoms with Crippen molar-refractivity contribution in [1.82, 2.24) is 0 Å². The first-order valence-corrected chi connectivity index (χ1v) is 17.2. The lowest BCUT2D eigenvalue weighted by molar-refractivity contribution is 0.473. The quantitative estimate of drug-likeness (QED) is 0.193. The molecule has 3 aliphatic rings. The highest BCUT2D eigenvalue weighted by molar-refractivity contribution is 6.07. The summed E-state index contributed by atoms with van der Waals surface area (Å²) >= 11 is 0. The molecule has 0 spiro atoms. The van der Waals surface area contributed by atoms with Gasteiger partial charge in [0.25, 0.3) is 0 Å². The standard InChI is InChI=1S/C46H36N2O/c1-45(2)35-19-11-10-18-33(35)34-24-23-31(28-38(34)45)47(30-15-6-5-7-16-30)40-26-25-37-43-44(40)49-41-27-22-29-14-8-9-17-32(29)42(41)48(43)39-21-13-12-20-36(39)46(37,3)4/h5-28H,1-4H3. The van der Waals surface area contributed by atoms with Crippen LogP contribution in [0.2, 0.25) is 0 Å². The Morgan fingerprint density at radius 2 is 1.20 bits per heavy atom. The Hall–Kier alpha value is -5.80. The number of fused-ring (bicyclic) bond motifs is 9. The van der Waals surface area contributed by atoms with Crippen LogP contribution in [0.4, 0.5) is 34.1 Å². The van der Waals surface area contributed by atoms with Gasteiger partial charge in [-0.05, 0) is 81.2 Å². The third kappa shape index (κ3) is 3.79. The molecule has 0 amide bonds. The third-order valence-corrected chi connectivity index (χ3v) is 11.2. The number of anilines is 6. The molecule has 0 radical (unpaired) electrons. The van der Waals surface area contributed by atoms with Crippen LogP contribution < -0.4 is 14.5 Å². The third-order valence-electron chi connectivity index (χ3n) is 11.2. The number of nitrogens with zero attached hydrogens (tertiary/aromatic N) is 2. The fraction of sp³-hybridized carbons (Fsp3) is 0.130. The Morgan fingerprint density at radius 1 is 0.510 bits per heavy atom. The van der Waals surface area contributed by atoms with E-state index in [1.807, 2.05) is 0 Å². The molecule has 0 atom stereocenters. The van der Waals surface area contributed by atoms with Gasteiger partial charge in [-0.2, -0.15) is 0 Å². The summed E-state index contributed by atoms with van der Waals surface area (Å²) in [5, 5.41) is 2.37. The van der Waals surface area contributed by atoms with Crippen molar-refractivity contribution in [2.45, 2.75) is 38.5 Å². The van der Waals surface area contributed by atoms with Gasteiger partial charge in [0.05, 0.1) is 22.7 Å². The molecule has 1 aliphatic carbocycles. The van der Waals surface area contributed by atoms with Crippen LogP contribution in [0.15, 0.2) is 146 Å². The van der Waals surface area contributed by atoms with Gasteiger partial charge in [0.1, 0.15) is 0 Å². The Labute approximate surface area is 287 Å². The summed E-state index contributed by atoms with van der Waals surface area (Å²) in [5.74, 6) is 1.73. The first-order chi connectivity index (χ1) is 23.8. The molecule has 0 saturated heterocycles. The van der Waals surface area contributed by atoms with Gasteiger partial charge >= 0.3 is 0 Å². The van der Waals surface area contributed by atoms with E-state index in [0.717, 1.165) is 39.9 Å².